The lowest BCUT2D eigenvalue weighted by molar-refractivity contribution is -0.252. The van der Waals surface area contributed by atoms with Crippen molar-refractivity contribution >= 4 is 17.9 Å². The molecule has 0 saturated heterocycles. The van der Waals surface area contributed by atoms with Crippen molar-refractivity contribution in [2.75, 3.05) is 0 Å². The van der Waals surface area contributed by atoms with Crippen molar-refractivity contribution < 1.29 is 33.7 Å². The molecule has 4 aliphatic rings. The third kappa shape index (κ3) is 4.06. The van der Waals surface area contributed by atoms with Crippen molar-refractivity contribution in [1.29, 1.82) is 0 Å². The molecule has 0 amide bonds. The zero-order valence-electron chi connectivity index (χ0n) is 21.6. The van der Waals surface area contributed by atoms with Crippen LogP contribution in [0.25, 0.3) is 0 Å². The molecule has 0 aromatic heterocycles. The number of rotatable bonds is 4. The van der Waals surface area contributed by atoms with Gasteiger partial charge >= 0.3 is 17.9 Å². The Bertz CT molecular complexity index is 841. The van der Waals surface area contributed by atoms with Gasteiger partial charge < -0.3 is 19.3 Å². The van der Waals surface area contributed by atoms with Gasteiger partial charge in [-0.25, -0.2) is 0 Å². The summed E-state index contributed by atoms with van der Waals surface area (Å²) in [4.78, 5) is 35.5. The molecule has 1 N–H and O–H groups in total. The van der Waals surface area contributed by atoms with Gasteiger partial charge in [-0.2, -0.15) is 0 Å². The van der Waals surface area contributed by atoms with Crippen LogP contribution in [0.5, 0.6) is 0 Å². The van der Waals surface area contributed by atoms with Gasteiger partial charge in [-0.05, 0) is 69.1 Å². The van der Waals surface area contributed by atoms with Crippen LogP contribution in [0, 0.1) is 34.5 Å². The summed E-state index contributed by atoms with van der Waals surface area (Å²) in [5.41, 5.74) is -1.48. The minimum atomic E-state index is -0.957. The average molecular weight is 479 g/mol. The molecule has 0 spiro atoms. The summed E-state index contributed by atoms with van der Waals surface area (Å²) in [6.45, 7) is 10.8. The SMILES string of the molecule is CC(=O)OC(C)C1CCC2C3CCC4(O)C[C@H](OC(C)=O)CCC4(C)C3[C@H](OC(C)=O)CC12C. The molecule has 34 heavy (non-hydrogen) atoms. The van der Waals surface area contributed by atoms with Crippen molar-refractivity contribution in [2.45, 2.75) is 117 Å². The van der Waals surface area contributed by atoms with Gasteiger partial charge in [-0.3, -0.25) is 14.4 Å². The Kier molecular flexibility index (Phi) is 6.58. The van der Waals surface area contributed by atoms with E-state index in [-0.39, 0.29) is 53.5 Å². The monoisotopic (exact) mass is 478 g/mol. The van der Waals surface area contributed by atoms with Gasteiger partial charge in [-0.15, -0.1) is 0 Å². The smallest absolute Gasteiger partial charge is 0.302 e. The molecular weight excluding hydrogens is 436 g/mol. The molecule has 0 bridgehead atoms. The van der Waals surface area contributed by atoms with Crippen molar-refractivity contribution in [2.24, 2.45) is 34.5 Å². The summed E-state index contributed by atoms with van der Waals surface area (Å²) in [5.74, 6) is 0.163. The van der Waals surface area contributed by atoms with Crippen LogP contribution in [-0.2, 0) is 28.6 Å². The zero-order valence-corrected chi connectivity index (χ0v) is 21.6. The van der Waals surface area contributed by atoms with E-state index in [2.05, 4.69) is 13.8 Å². The minimum absolute atomic E-state index is 0.0503. The quantitative estimate of drug-likeness (QED) is 0.478. The molecule has 192 valence electrons. The lowest BCUT2D eigenvalue weighted by Gasteiger charge is -2.65. The van der Waals surface area contributed by atoms with Crippen LogP contribution in [0.4, 0.5) is 0 Å². The summed E-state index contributed by atoms with van der Waals surface area (Å²) in [6, 6.07) is 0. The maximum absolute atomic E-state index is 12.2. The summed E-state index contributed by atoms with van der Waals surface area (Å²) < 4.78 is 17.2. The Hall–Kier alpha value is -1.63. The zero-order chi connectivity index (χ0) is 25.1. The summed E-state index contributed by atoms with van der Waals surface area (Å²) in [6.07, 6.45) is 5.41. The Morgan fingerprint density at radius 1 is 0.882 bits per heavy atom. The molecule has 4 fully saturated rings. The van der Waals surface area contributed by atoms with E-state index in [1.54, 1.807) is 0 Å². The molecule has 4 aliphatic carbocycles. The number of hydrogen-bond donors (Lipinski definition) is 1. The maximum atomic E-state index is 12.2. The first-order chi connectivity index (χ1) is 15.8. The van der Waals surface area contributed by atoms with Gasteiger partial charge in [0.1, 0.15) is 18.3 Å². The third-order valence-electron chi connectivity index (χ3n) is 10.3. The summed E-state index contributed by atoms with van der Waals surface area (Å²) in [5, 5.41) is 12.0. The Morgan fingerprint density at radius 2 is 1.56 bits per heavy atom. The summed E-state index contributed by atoms with van der Waals surface area (Å²) in [7, 11) is 0. The predicted molar refractivity (Wildman–Crippen MR) is 124 cm³/mol. The normalized spacial score (nSPS) is 46.3. The van der Waals surface area contributed by atoms with Crippen molar-refractivity contribution in [3.8, 4) is 0 Å². The number of esters is 3. The van der Waals surface area contributed by atoms with Crippen LogP contribution in [0.2, 0.25) is 0 Å². The highest BCUT2D eigenvalue weighted by atomic mass is 16.6. The van der Waals surface area contributed by atoms with Gasteiger partial charge in [-0.1, -0.05) is 13.8 Å². The fraction of sp³-hybridized carbons (Fsp3) is 0.889. The van der Waals surface area contributed by atoms with E-state index in [1.165, 1.54) is 20.8 Å². The highest BCUT2D eigenvalue weighted by Gasteiger charge is 2.68. The Labute approximate surface area is 203 Å². The van der Waals surface area contributed by atoms with E-state index >= 15 is 0 Å². The van der Waals surface area contributed by atoms with Gasteiger partial charge in [0.25, 0.3) is 0 Å². The van der Waals surface area contributed by atoms with Crippen LogP contribution < -0.4 is 0 Å². The molecule has 0 radical (unpaired) electrons. The minimum Gasteiger partial charge on any atom is -0.463 e. The summed E-state index contributed by atoms with van der Waals surface area (Å²) >= 11 is 0. The van der Waals surface area contributed by atoms with E-state index in [4.69, 9.17) is 14.2 Å². The molecule has 7 nitrogen and oxygen atoms in total. The third-order valence-corrected chi connectivity index (χ3v) is 10.3. The molecule has 0 heterocycles. The first-order valence-corrected chi connectivity index (χ1v) is 13.0. The number of ether oxygens (including phenoxy) is 3. The molecule has 0 aliphatic heterocycles. The molecule has 4 rings (SSSR count). The number of carbonyl (C=O) groups excluding carboxylic acids is 3. The van der Waals surface area contributed by atoms with Crippen LogP contribution >= 0.6 is 0 Å². The first-order valence-electron chi connectivity index (χ1n) is 13.0. The highest BCUT2D eigenvalue weighted by Crippen LogP contribution is 2.69. The number of aliphatic hydroxyl groups is 1. The fourth-order valence-electron chi connectivity index (χ4n) is 9.10. The van der Waals surface area contributed by atoms with Gasteiger partial charge in [0.05, 0.1) is 5.60 Å². The molecule has 10 atom stereocenters. The molecule has 7 heteroatoms. The molecule has 0 aromatic carbocycles. The van der Waals surface area contributed by atoms with E-state index in [9.17, 15) is 19.5 Å². The topological polar surface area (TPSA) is 99.1 Å². The van der Waals surface area contributed by atoms with Gasteiger partial charge in [0.2, 0.25) is 0 Å². The average Bonchev–Trinajstić information content (AvgIpc) is 3.04. The maximum Gasteiger partial charge on any atom is 0.302 e. The lowest BCUT2D eigenvalue weighted by Crippen LogP contribution is -2.67. The van der Waals surface area contributed by atoms with E-state index in [1.807, 2.05) is 6.92 Å². The Balaban J connectivity index is 1.67. The van der Waals surface area contributed by atoms with E-state index < -0.39 is 11.0 Å². The molecular formula is C27H42O7. The Morgan fingerprint density at radius 3 is 2.18 bits per heavy atom. The van der Waals surface area contributed by atoms with Crippen molar-refractivity contribution in [3.05, 3.63) is 0 Å². The van der Waals surface area contributed by atoms with Crippen LogP contribution in [-0.4, -0.2) is 46.9 Å². The second kappa shape index (κ2) is 8.79. The molecule has 0 aromatic rings. The van der Waals surface area contributed by atoms with Gasteiger partial charge in [0, 0.05) is 44.4 Å². The first kappa shape index (κ1) is 25.5. The van der Waals surface area contributed by atoms with Crippen LogP contribution in [0.15, 0.2) is 0 Å². The van der Waals surface area contributed by atoms with E-state index in [0.717, 1.165) is 25.7 Å². The second-order valence-electron chi connectivity index (χ2n) is 12.1. The van der Waals surface area contributed by atoms with Crippen LogP contribution in [0.1, 0.15) is 92.9 Å². The standard InChI is InChI=1S/C27H42O7/c1-15(32-16(2)28)21-7-8-22-20-10-12-27(31)13-19(33-17(3)29)9-11-26(27,6)24(20)23(34-18(4)30)14-25(21,22)5/h15,19-24,31H,7-14H2,1-6H3/t15?,19-,20?,21?,22?,23-,24?,25?,26?,27?/m1/s1. The number of fused-ring (bicyclic) bond motifs is 5. The number of carbonyl (C=O) groups is 3. The lowest BCUT2D eigenvalue weighted by atomic mass is 9.42. The van der Waals surface area contributed by atoms with Gasteiger partial charge in [0.15, 0.2) is 0 Å². The predicted octanol–water partition coefficient (Wildman–Crippen LogP) is 4.19. The largest absolute Gasteiger partial charge is 0.463 e. The van der Waals surface area contributed by atoms with E-state index in [0.29, 0.717) is 37.5 Å². The molecule has 4 saturated carbocycles. The highest BCUT2D eigenvalue weighted by molar-refractivity contribution is 5.67. The fourth-order valence-corrected chi connectivity index (χ4v) is 9.10. The van der Waals surface area contributed by atoms with Crippen LogP contribution in [0.3, 0.4) is 0 Å². The van der Waals surface area contributed by atoms with Crippen molar-refractivity contribution in [1.82, 2.24) is 0 Å². The molecule has 8 unspecified atom stereocenters. The van der Waals surface area contributed by atoms with Crippen molar-refractivity contribution in [3.63, 3.8) is 0 Å². The second-order valence-corrected chi connectivity index (χ2v) is 12.1. The number of hydrogen-bond acceptors (Lipinski definition) is 7.